The van der Waals surface area contributed by atoms with Crippen LogP contribution in [0.2, 0.25) is 0 Å². The Bertz CT molecular complexity index is 314. The molecular weight excluding hydrogens is 250 g/mol. The standard InChI is InChI=1S/C17H31NO2/c1-2-20-16-11-15(17(16)9-4-3-5-10-17)18-12-13-7-6-8-14(13)19/h13-16,18-19H,2-12H2,1H3. The van der Waals surface area contributed by atoms with Gasteiger partial charge in [-0.25, -0.2) is 0 Å². The van der Waals surface area contributed by atoms with Crippen molar-refractivity contribution in [2.45, 2.75) is 83.0 Å². The van der Waals surface area contributed by atoms with Crippen molar-refractivity contribution in [1.82, 2.24) is 5.32 Å². The third kappa shape index (κ3) is 2.65. The number of nitrogens with one attached hydrogen (secondary N) is 1. The van der Waals surface area contributed by atoms with Gasteiger partial charge in [0.2, 0.25) is 0 Å². The summed E-state index contributed by atoms with van der Waals surface area (Å²) in [5.74, 6) is 0.488. The zero-order valence-electron chi connectivity index (χ0n) is 12.9. The van der Waals surface area contributed by atoms with Crippen molar-refractivity contribution in [1.29, 1.82) is 0 Å². The Morgan fingerprint density at radius 3 is 2.60 bits per heavy atom. The molecule has 3 nitrogen and oxygen atoms in total. The first kappa shape index (κ1) is 14.8. The molecule has 4 unspecified atom stereocenters. The molecule has 0 bridgehead atoms. The Balaban J connectivity index is 1.55. The molecule has 3 fully saturated rings. The van der Waals surface area contributed by atoms with E-state index in [0.717, 1.165) is 19.6 Å². The first-order valence-electron chi connectivity index (χ1n) is 8.79. The zero-order chi connectivity index (χ0) is 14.0. The smallest absolute Gasteiger partial charge is 0.0661 e. The van der Waals surface area contributed by atoms with Gasteiger partial charge in [-0.3, -0.25) is 0 Å². The number of ether oxygens (including phenoxy) is 1. The second kappa shape index (κ2) is 6.33. The summed E-state index contributed by atoms with van der Waals surface area (Å²) in [6.07, 6.45) is 11.8. The first-order chi connectivity index (χ1) is 9.76. The lowest BCUT2D eigenvalue weighted by Gasteiger charge is -2.58. The van der Waals surface area contributed by atoms with E-state index >= 15 is 0 Å². The van der Waals surface area contributed by atoms with Gasteiger partial charge in [-0.05, 0) is 44.9 Å². The van der Waals surface area contributed by atoms with Gasteiger partial charge in [0, 0.05) is 24.6 Å². The average Bonchev–Trinajstić information content (AvgIpc) is 2.88. The van der Waals surface area contributed by atoms with Gasteiger partial charge in [0.15, 0.2) is 0 Å². The summed E-state index contributed by atoms with van der Waals surface area (Å²) in [6.45, 7) is 3.97. The molecule has 3 rings (SSSR count). The maximum atomic E-state index is 9.97. The zero-order valence-corrected chi connectivity index (χ0v) is 12.9. The summed E-state index contributed by atoms with van der Waals surface area (Å²) in [6, 6.07) is 0.632. The highest BCUT2D eigenvalue weighted by atomic mass is 16.5. The molecule has 2 N–H and O–H groups in total. The van der Waals surface area contributed by atoms with Crippen LogP contribution in [-0.2, 0) is 4.74 Å². The van der Waals surface area contributed by atoms with E-state index in [1.54, 1.807) is 0 Å². The summed E-state index contributed by atoms with van der Waals surface area (Å²) in [5, 5.41) is 13.8. The average molecular weight is 281 g/mol. The van der Waals surface area contributed by atoms with Crippen molar-refractivity contribution >= 4 is 0 Å². The van der Waals surface area contributed by atoms with Crippen LogP contribution in [-0.4, -0.2) is 36.5 Å². The Hall–Kier alpha value is -0.120. The Morgan fingerprint density at radius 1 is 1.15 bits per heavy atom. The minimum Gasteiger partial charge on any atom is -0.393 e. The summed E-state index contributed by atoms with van der Waals surface area (Å²) in [7, 11) is 0. The summed E-state index contributed by atoms with van der Waals surface area (Å²) in [4.78, 5) is 0. The third-order valence-electron chi connectivity index (χ3n) is 6.18. The fourth-order valence-electron chi connectivity index (χ4n) is 4.90. The Kier molecular flexibility index (Phi) is 4.68. The van der Waals surface area contributed by atoms with Crippen LogP contribution in [0.25, 0.3) is 0 Å². The minimum atomic E-state index is -0.0624. The molecule has 0 radical (unpaired) electrons. The van der Waals surface area contributed by atoms with Crippen molar-refractivity contribution in [3.8, 4) is 0 Å². The van der Waals surface area contributed by atoms with Gasteiger partial charge in [-0.2, -0.15) is 0 Å². The van der Waals surface area contributed by atoms with Crippen molar-refractivity contribution < 1.29 is 9.84 Å². The van der Waals surface area contributed by atoms with E-state index in [4.69, 9.17) is 4.74 Å². The number of aliphatic hydroxyl groups excluding tert-OH is 1. The lowest BCUT2D eigenvalue weighted by atomic mass is 9.55. The highest BCUT2D eigenvalue weighted by Crippen LogP contribution is 2.53. The second-order valence-corrected chi connectivity index (χ2v) is 7.19. The molecule has 3 heteroatoms. The molecule has 0 aromatic carbocycles. The molecular formula is C17H31NO2. The van der Waals surface area contributed by atoms with Crippen molar-refractivity contribution in [3.63, 3.8) is 0 Å². The molecule has 0 aliphatic heterocycles. The van der Waals surface area contributed by atoms with Gasteiger partial charge in [0.05, 0.1) is 12.2 Å². The minimum absolute atomic E-state index is 0.0624. The van der Waals surface area contributed by atoms with Gasteiger partial charge in [0.25, 0.3) is 0 Å². The van der Waals surface area contributed by atoms with Crippen molar-refractivity contribution in [3.05, 3.63) is 0 Å². The van der Waals surface area contributed by atoms with Crippen molar-refractivity contribution in [2.24, 2.45) is 11.3 Å². The molecule has 0 heterocycles. The lowest BCUT2D eigenvalue weighted by Crippen LogP contribution is -2.65. The van der Waals surface area contributed by atoms with Crippen LogP contribution in [0.15, 0.2) is 0 Å². The predicted octanol–water partition coefficient (Wildman–Crippen LogP) is 2.86. The topological polar surface area (TPSA) is 41.5 Å². The van der Waals surface area contributed by atoms with Gasteiger partial charge in [-0.1, -0.05) is 25.7 Å². The molecule has 3 aliphatic carbocycles. The number of rotatable bonds is 5. The van der Waals surface area contributed by atoms with E-state index < -0.39 is 0 Å². The predicted molar refractivity (Wildman–Crippen MR) is 80.7 cm³/mol. The van der Waals surface area contributed by atoms with Crippen LogP contribution < -0.4 is 5.32 Å². The van der Waals surface area contributed by atoms with Crippen LogP contribution in [0.3, 0.4) is 0 Å². The van der Waals surface area contributed by atoms with Crippen LogP contribution in [0.1, 0.15) is 64.7 Å². The molecule has 4 atom stereocenters. The van der Waals surface area contributed by atoms with E-state index in [9.17, 15) is 5.11 Å². The van der Waals surface area contributed by atoms with E-state index in [0.29, 0.717) is 23.5 Å². The number of hydrogen-bond donors (Lipinski definition) is 2. The highest BCUT2D eigenvalue weighted by molar-refractivity contribution is 5.09. The van der Waals surface area contributed by atoms with E-state index in [-0.39, 0.29) is 6.10 Å². The second-order valence-electron chi connectivity index (χ2n) is 7.19. The SMILES string of the molecule is CCOC1CC(NCC2CCCC2O)C12CCCCC2. The molecule has 20 heavy (non-hydrogen) atoms. The van der Waals surface area contributed by atoms with E-state index in [1.807, 2.05) is 0 Å². The summed E-state index contributed by atoms with van der Waals surface area (Å²) < 4.78 is 6.00. The lowest BCUT2D eigenvalue weighted by molar-refractivity contribution is -0.150. The molecule has 0 aromatic rings. The maximum absolute atomic E-state index is 9.97. The normalized spacial score (nSPS) is 39.9. The Morgan fingerprint density at radius 2 is 1.95 bits per heavy atom. The van der Waals surface area contributed by atoms with Gasteiger partial charge in [-0.15, -0.1) is 0 Å². The summed E-state index contributed by atoms with van der Waals surface area (Å²) >= 11 is 0. The molecule has 3 saturated carbocycles. The number of aliphatic hydroxyl groups is 1. The van der Waals surface area contributed by atoms with Crippen LogP contribution in [0, 0.1) is 11.3 Å². The molecule has 1 spiro atoms. The van der Waals surface area contributed by atoms with Gasteiger partial charge >= 0.3 is 0 Å². The summed E-state index contributed by atoms with van der Waals surface area (Å²) in [5.41, 5.74) is 0.415. The highest BCUT2D eigenvalue weighted by Gasteiger charge is 2.55. The van der Waals surface area contributed by atoms with Crippen LogP contribution in [0.4, 0.5) is 0 Å². The molecule has 116 valence electrons. The van der Waals surface area contributed by atoms with Gasteiger partial charge in [0.1, 0.15) is 0 Å². The molecule has 0 aromatic heterocycles. The van der Waals surface area contributed by atoms with Gasteiger partial charge < -0.3 is 15.2 Å². The largest absolute Gasteiger partial charge is 0.393 e. The fraction of sp³-hybridized carbons (Fsp3) is 1.00. The number of hydrogen-bond acceptors (Lipinski definition) is 3. The third-order valence-corrected chi connectivity index (χ3v) is 6.18. The molecule has 3 aliphatic rings. The molecule has 0 amide bonds. The van der Waals surface area contributed by atoms with Crippen molar-refractivity contribution in [2.75, 3.05) is 13.2 Å². The first-order valence-corrected chi connectivity index (χ1v) is 8.79. The Labute approximate surface area is 123 Å². The van der Waals surface area contributed by atoms with Crippen LogP contribution in [0.5, 0.6) is 0 Å². The fourth-order valence-corrected chi connectivity index (χ4v) is 4.90. The quantitative estimate of drug-likeness (QED) is 0.814. The monoisotopic (exact) mass is 281 g/mol. The van der Waals surface area contributed by atoms with Crippen LogP contribution >= 0.6 is 0 Å². The van der Waals surface area contributed by atoms with E-state index in [1.165, 1.54) is 51.4 Å². The maximum Gasteiger partial charge on any atom is 0.0661 e. The molecule has 0 saturated heterocycles. The van der Waals surface area contributed by atoms with E-state index in [2.05, 4.69) is 12.2 Å².